The van der Waals surface area contributed by atoms with Crippen molar-refractivity contribution in [2.45, 2.75) is 55.8 Å². The molecule has 1 heterocycles. The van der Waals surface area contributed by atoms with Crippen molar-refractivity contribution in [3.63, 3.8) is 0 Å². The summed E-state index contributed by atoms with van der Waals surface area (Å²) in [6.45, 7) is 1.35. The monoisotopic (exact) mass is 407 g/mol. The van der Waals surface area contributed by atoms with Crippen LogP contribution in [0.5, 0.6) is 11.5 Å². The summed E-state index contributed by atoms with van der Waals surface area (Å²) in [4.78, 5) is 12.7. The first-order chi connectivity index (χ1) is 14.6. The Labute approximate surface area is 177 Å². The summed E-state index contributed by atoms with van der Waals surface area (Å²) >= 11 is 0. The summed E-state index contributed by atoms with van der Waals surface area (Å²) in [5.41, 5.74) is 2.70. The number of Topliss-reactive ketones (excluding diaryl/α,β-unsaturated/α-hetero) is 1. The number of benzene rings is 2. The molecule has 2 bridgehead atoms. The highest BCUT2D eigenvalue weighted by atomic mass is 16.5. The summed E-state index contributed by atoms with van der Waals surface area (Å²) in [7, 11) is 3.51. The summed E-state index contributed by atoms with van der Waals surface area (Å²) in [6.07, 6.45) is 3.56. The molecule has 0 radical (unpaired) electrons. The third kappa shape index (κ3) is 2.72. The number of ether oxygens (including phenoxy) is 3. The number of carbonyl (C=O) groups excluding carboxylic acids is 1. The zero-order valence-corrected chi connectivity index (χ0v) is 17.7. The van der Waals surface area contributed by atoms with Gasteiger partial charge >= 0.3 is 0 Å². The van der Waals surface area contributed by atoms with Gasteiger partial charge < -0.3 is 19.5 Å². The van der Waals surface area contributed by atoms with Crippen molar-refractivity contribution in [1.29, 1.82) is 0 Å². The molecule has 1 saturated heterocycles. The van der Waals surface area contributed by atoms with Gasteiger partial charge in [-0.05, 0) is 43.0 Å². The van der Waals surface area contributed by atoms with Gasteiger partial charge in [0.15, 0.2) is 11.5 Å². The van der Waals surface area contributed by atoms with E-state index >= 15 is 0 Å². The summed E-state index contributed by atoms with van der Waals surface area (Å²) < 4.78 is 18.5. The fourth-order valence-electron chi connectivity index (χ4n) is 6.24. The summed E-state index contributed by atoms with van der Waals surface area (Å²) in [6, 6.07) is 14.5. The van der Waals surface area contributed by atoms with Crippen LogP contribution in [0.1, 0.15) is 42.4 Å². The van der Waals surface area contributed by atoms with Gasteiger partial charge in [0.1, 0.15) is 12.4 Å². The fourth-order valence-corrected chi connectivity index (χ4v) is 6.24. The first-order valence-corrected chi connectivity index (χ1v) is 10.8. The highest BCUT2D eigenvalue weighted by molar-refractivity contribution is 5.83. The largest absolute Gasteiger partial charge is 0.493 e. The van der Waals surface area contributed by atoms with Crippen molar-refractivity contribution in [1.82, 2.24) is 5.32 Å². The third-order valence-electron chi connectivity index (χ3n) is 7.51. The van der Waals surface area contributed by atoms with Crippen LogP contribution in [-0.2, 0) is 28.0 Å². The number of rotatable bonds is 5. The second-order valence-electron chi connectivity index (χ2n) is 8.76. The van der Waals surface area contributed by atoms with Gasteiger partial charge in [-0.3, -0.25) is 4.79 Å². The van der Waals surface area contributed by atoms with Crippen molar-refractivity contribution in [3.8, 4) is 11.5 Å². The average Bonchev–Trinajstić information content (AvgIpc) is 2.77. The minimum absolute atomic E-state index is 0.206. The molecule has 0 spiro atoms. The standard InChI is InChI=1S/C25H29NO4/c1-28-23-20(30-16-17-6-4-3-5-7-17)9-8-18-14-21-25(29-2)11-10-19(27)15-24(25,22(18)23)12-13-26-21/h3-9,21,26H,10-16H2,1-2H3/t21-,24+,25+/m0/s1. The van der Waals surface area contributed by atoms with E-state index < -0.39 is 5.60 Å². The molecule has 1 N–H and O–H groups in total. The Morgan fingerprint density at radius 2 is 1.93 bits per heavy atom. The molecule has 2 aromatic carbocycles. The van der Waals surface area contributed by atoms with Crippen molar-refractivity contribution < 1.29 is 19.0 Å². The summed E-state index contributed by atoms with van der Waals surface area (Å²) in [5.74, 6) is 1.81. The van der Waals surface area contributed by atoms with Gasteiger partial charge in [-0.15, -0.1) is 0 Å². The number of nitrogens with one attached hydrogen (secondary N) is 1. The number of ketones is 1. The van der Waals surface area contributed by atoms with Crippen LogP contribution in [0.25, 0.3) is 0 Å². The first-order valence-electron chi connectivity index (χ1n) is 10.8. The van der Waals surface area contributed by atoms with E-state index in [1.165, 1.54) is 5.56 Å². The topological polar surface area (TPSA) is 56.8 Å². The third-order valence-corrected chi connectivity index (χ3v) is 7.51. The lowest BCUT2D eigenvalue weighted by Crippen LogP contribution is -2.73. The molecule has 3 aliphatic rings. The minimum atomic E-state index is -0.391. The molecule has 0 aromatic heterocycles. The average molecular weight is 408 g/mol. The fraction of sp³-hybridized carbons (Fsp3) is 0.480. The van der Waals surface area contributed by atoms with Crippen LogP contribution >= 0.6 is 0 Å². The molecule has 2 fully saturated rings. The second kappa shape index (κ2) is 7.40. The van der Waals surface area contributed by atoms with Crippen LogP contribution in [0.15, 0.2) is 42.5 Å². The Hall–Kier alpha value is -2.37. The number of methoxy groups -OCH3 is 2. The van der Waals surface area contributed by atoms with Crippen molar-refractivity contribution in [3.05, 3.63) is 59.2 Å². The molecule has 5 nitrogen and oxygen atoms in total. The van der Waals surface area contributed by atoms with E-state index in [9.17, 15) is 4.79 Å². The van der Waals surface area contributed by atoms with Gasteiger partial charge in [0.2, 0.25) is 0 Å². The van der Waals surface area contributed by atoms with Crippen LogP contribution in [0.4, 0.5) is 0 Å². The maximum Gasteiger partial charge on any atom is 0.164 e. The van der Waals surface area contributed by atoms with E-state index in [0.717, 1.165) is 48.4 Å². The Morgan fingerprint density at radius 1 is 1.10 bits per heavy atom. The Balaban J connectivity index is 1.63. The number of hydrogen-bond donors (Lipinski definition) is 1. The van der Waals surface area contributed by atoms with Gasteiger partial charge in [-0.1, -0.05) is 36.4 Å². The predicted molar refractivity (Wildman–Crippen MR) is 114 cm³/mol. The smallest absolute Gasteiger partial charge is 0.164 e. The lowest BCUT2D eigenvalue weighted by molar-refractivity contribution is -0.161. The number of piperidine rings is 1. The number of carbonyl (C=O) groups is 1. The Bertz CT molecular complexity index is 959. The van der Waals surface area contributed by atoms with E-state index in [4.69, 9.17) is 14.2 Å². The molecule has 0 amide bonds. The quantitative estimate of drug-likeness (QED) is 0.821. The molecule has 0 unspecified atom stereocenters. The van der Waals surface area contributed by atoms with E-state index in [1.807, 2.05) is 24.3 Å². The maximum atomic E-state index is 12.7. The highest BCUT2D eigenvalue weighted by Gasteiger charge is 2.65. The van der Waals surface area contributed by atoms with Crippen LogP contribution in [-0.4, -0.2) is 38.2 Å². The molecule has 2 aliphatic carbocycles. The Kier molecular flexibility index (Phi) is 4.83. The number of hydrogen-bond acceptors (Lipinski definition) is 5. The van der Waals surface area contributed by atoms with Crippen molar-refractivity contribution >= 4 is 5.78 Å². The molecule has 1 aliphatic heterocycles. The number of fused-ring (bicyclic) bond motifs is 1. The van der Waals surface area contributed by atoms with Gasteiger partial charge in [0, 0.05) is 37.0 Å². The van der Waals surface area contributed by atoms with E-state index in [2.05, 4.69) is 23.5 Å². The second-order valence-corrected chi connectivity index (χ2v) is 8.76. The lowest BCUT2D eigenvalue weighted by atomic mass is 9.49. The molecule has 158 valence electrons. The molecule has 2 aromatic rings. The zero-order valence-electron chi connectivity index (χ0n) is 17.7. The van der Waals surface area contributed by atoms with Gasteiger partial charge in [-0.2, -0.15) is 0 Å². The van der Waals surface area contributed by atoms with E-state index in [-0.39, 0.29) is 11.5 Å². The van der Waals surface area contributed by atoms with Gasteiger partial charge in [0.05, 0.1) is 12.7 Å². The Morgan fingerprint density at radius 3 is 2.70 bits per heavy atom. The van der Waals surface area contributed by atoms with Crippen LogP contribution in [0.3, 0.4) is 0 Å². The molecular weight excluding hydrogens is 378 g/mol. The van der Waals surface area contributed by atoms with Crippen LogP contribution < -0.4 is 14.8 Å². The molecule has 5 rings (SSSR count). The van der Waals surface area contributed by atoms with Crippen molar-refractivity contribution in [2.75, 3.05) is 20.8 Å². The molecule has 30 heavy (non-hydrogen) atoms. The summed E-state index contributed by atoms with van der Waals surface area (Å²) in [5, 5.41) is 3.68. The lowest BCUT2D eigenvalue weighted by Gasteiger charge is -2.62. The van der Waals surface area contributed by atoms with Crippen LogP contribution in [0, 0.1) is 0 Å². The SMILES string of the molecule is COc1c(OCc2ccccc2)ccc2c1[C@]13CCN[C@@H](C2)[C@]1(OC)CCC(=O)C3. The van der Waals surface area contributed by atoms with E-state index in [1.54, 1.807) is 14.2 Å². The first kappa shape index (κ1) is 19.6. The van der Waals surface area contributed by atoms with Gasteiger partial charge in [0.25, 0.3) is 0 Å². The molecule has 5 heteroatoms. The maximum absolute atomic E-state index is 12.7. The molecule has 1 saturated carbocycles. The minimum Gasteiger partial charge on any atom is -0.493 e. The van der Waals surface area contributed by atoms with Crippen molar-refractivity contribution in [2.24, 2.45) is 0 Å². The van der Waals surface area contributed by atoms with Crippen LogP contribution in [0.2, 0.25) is 0 Å². The zero-order chi connectivity index (χ0) is 20.8. The predicted octanol–water partition coefficient (Wildman–Crippen LogP) is 3.57. The normalized spacial score (nSPS) is 29.7. The molecule has 3 atom stereocenters. The van der Waals surface area contributed by atoms with E-state index in [0.29, 0.717) is 25.2 Å². The van der Waals surface area contributed by atoms with Gasteiger partial charge in [-0.25, -0.2) is 0 Å². The molecular formula is C25H29NO4. The highest BCUT2D eigenvalue weighted by Crippen LogP contribution is 2.60.